The van der Waals surface area contributed by atoms with Gasteiger partial charge in [0.15, 0.2) is 0 Å². The Bertz CT molecular complexity index is 973. The Morgan fingerprint density at radius 2 is 1.80 bits per heavy atom. The van der Waals surface area contributed by atoms with Crippen molar-refractivity contribution in [1.82, 2.24) is 4.57 Å². The Balaban J connectivity index is 2.23. The minimum atomic E-state index is -1.20. The first kappa shape index (κ1) is 17.0. The van der Waals surface area contributed by atoms with Crippen molar-refractivity contribution in [2.75, 3.05) is 7.11 Å². The van der Waals surface area contributed by atoms with Crippen LogP contribution in [0.4, 0.5) is 0 Å². The highest BCUT2D eigenvalue weighted by Gasteiger charge is 2.22. The molecule has 0 saturated carbocycles. The van der Waals surface area contributed by atoms with E-state index >= 15 is 0 Å². The summed E-state index contributed by atoms with van der Waals surface area (Å²) in [5.41, 5.74) is 2.18. The number of carbonyl (C=O) groups excluding carboxylic acids is 2. The van der Waals surface area contributed by atoms with Gasteiger partial charge in [0.2, 0.25) is 0 Å². The lowest BCUT2D eigenvalue weighted by atomic mass is 10.1. The van der Waals surface area contributed by atoms with E-state index in [4.69, 9.17) is 16.3 Å². The van der Waals surface area contributed by atoms with Gasteiger partial charge in [-0.3, -0.25) is 9.36 Å². The van der Waals surface area contributed by atoms with Crippen LogP contribution in [-0.2, 0) is 16.3 Å². The van der Waals surface area contributed by atoms with Crippen molar-refractivity contribution in [3.05, 3.63) is 64.3 Å². The molecule has 5 nitrogen and oxygen atoms in total. The van der Waals surface area contributed by atoms with Gasteiger partial charge in [-0.05, 0) is 55.0 Å². The Hall–Kier alpha value is -2.79. The molecule has 0 bridgehead atoms. The van der Waals surface area contributed by atoms with Crippen molar-refractivity contribution in [3.8, 4) is 5.75 Å². The van der Waals surface area contributed by atoms with Crippen LogP contribution in [0.25, 0.3) is 10.9 Å². The molecule has 2 aromatic carbocycles. The van der Waals surface area contributed by atoms with Gasteiger partial charge in [-0.25, -0.2) is 9.90 Å². The molecule has 1 aromatic heterocycles. The Labute approximate surface area is 149 Å². The average Bonchev–Trinajstić information content (AvgIpc) is 2.86. The second kappa shape index (κ2) is 6.61. The second-order valence-electron chi connectivity index (χ2n) is 5.64. The molecule has 0 N–H and O–H groups in total. The molecular weight excluding hydrogens is 342 g/mol. The van der Waals surface area contributed by atoms with Crippen molar-refractivity contribution >= 4 is 34.4 Å². The Kier molecular flexibility index (Phi) is 4.51. The molecule has 0 amide bonds. The summed E-state index contributed by atoms with van der Waals surface area (Å²) in [6, 6.07) is 11.8. The lowest BCUT2D eigenvalue weighted by molar-refractivity contribution is -0.142. The van der Waals surface area contributed by atoms with E-state index < -0.39 is 5.97 Å². The van der Waals surface area contributed by atoms with E-state index in [2.05, 4.69) is 0 Å². The van der Waals surface area contributed by atoms with Gasteiger partial charge in [0.25, 0.3) is 5.91 Å². The predicted octanol–water partition coefficient (Wildman–Crippen LogP) is 3.80. The Morgan fingerprint density at radius 1 is 1.12 bits per heavy atom. The Morgan fingerprint density at radius 3 is 2.40 bits per heavy atom. The molecule has 0 aliphatic rings. The molecule has 25 heavy (non-hydrogen) atoms. The molecule has 3 aromatic rings. The molecule has 0 saturated heterocycles. The number of methoxy groups -OCH3 is 1. The number of aromatic nitrogens is 1. The lowest BCUT2D eigenvalue weighted by Gasteiger charge is -2.08. The second-order valence-corrected chi connectivity index (χ2v) is 6.08. The van der Waals surface area contributed by atoms with E-state index in [1.165, 1.54) is 11.7 Å². The van der Waals surface area contributed by atoms with Crippen molar-refractivity contribution in [1.29, 1.82) is 0 Å². The van der Waals surface area contributed by atoms with Crippen LogP contribution in [-0.4, -0.2) is 23.6 Å². The fourth-order valence-corrected chi connectivity index (χ4v) is 3.07. The fraction of sp³-hybridized carbons (Fsp3) is 0.158. The average molecular weight is 357 g/mol. The van der Waals surface area contributed by atoms with Gasteiger partial charge in [-0.1, -0.05) is 11.6 Å². The minimum Gasteiger partial charge on any atom is -0.497 e. The van der Waals surface area contributed by atoms with Crippen molar-refractivity contribution in [2.24, 2.45) is 0 Å². The molecule has 3 rings (SSSR count). The summed E-state index contributed by atoms with van der Waals surface area (Å²) >= 11 is 5.88. The lowest BCUT2D eigenvalue weighted by Crippen LogP contribution is -2.14. The number of benzene rings is 2. The van der Waals surface area contributed by atoms with Gasteiger partial charge < -0.3 is 4.74 Å². The highest BCUT2D eigenvalue weighted by Crippen LogP contribution is 2.30. The molecular formula is C19H15ClNO4. The van der Waals surface area contributed by atoms with Crippen molar-refractivity contribution in [2.45, 2.75) is 13.3 Å². The summed E-state index contributed by atoms with van der Waals surface area (Å²) in [6.07, 6.45) is -0.281. The number of fused-ring (bicyclic) bond motifs is 1. The number of rotatable bonds is 4. The molecule has 6 heteroatoms. The zero-order valence-electron chi connectivity index (χ0n) is 13.7. The van der Waals surface area contributed by atoms with Crippen LogP contribution in [0.1, 0.15) is 21.6 Å². The summed E-state index contributed by atoms with van der Waals surface area (Å²) in [7, 11) is 1.53. The fourth-order valence-electron chi connectivity index (χ4n) is 2.94. The first-order chi connectivity index (χ1) is 11.9. The third-order valence-electron chi connectivity index (χ3n) is 4.16. The van der Waals surface area contributed by atoms with E-state index in [0.29, 0.717) is 38.5 Å². The maximum Gasteiger partial charge on any atom is 0.360 e. The van der Waals surface area contributed by atoms with Crippen molar-refractivity contribution < 1.29 is 19.4 Å². The maximum absolute atomic E-state index is 13.0. The van der Waals surface area contributed by atoms with Crippen LogP contribution in [0, 0.1) is 6.92 Å². The summed E-state index contributed by atoms with van der Waals surface area (Å²) in [4.78, 5) is 24.1. The molecule has 0 aliphatic heterocycles. The number of nitrogens with zero attached hydrogens (tertiary/aromatic N) is 1. The van der Waals surface area contributed by atoms with Gasteiger partial charge >= 0.3 is 5.97 Å². The zero-order valence-corrected chi connectivity index (χ0v) is 14.5. The minimum absolute atomic E-state index is 0.256. The van der Waals surface area contributed by atoms with E-state index in [0.717, 1.165) is 0 Å². The zero-order chi connectivity index (χ0) is 18.1. The number of hydrogen-bond donors (Lipinski definition) is 0. The summed E-state index contributed by atoms with van der Waals surface area (Å²) in [5.74, 6) is -0.874. The first-order valence-electron chi connectivity index (χ1n) is 7.60. The third kappa shape index (κ3) is 3.10. The molecule has 1 radical (unpaired) electrons. The van der Waals surface area contributed by atoms with E-state index in [-0.39, 0.29) is 12.3 Å². The number of hydrogen-bond acceptors (Lipinski definition) is 3. The van der Waals surface area contributed by atoms with Gasteiger partial charge in [-0.2, -0.15) is 0 Å². The standard InChI is InChI=1S/C19H15ClNO4/c1-11-15(10-18(22)23)16-9-14(25-2)7-8-17(16)21(11)19(24)12-3-5-13(20)6-4-12/h3-9H,10H2,1-2H3. The summed E-state index contributed by atoms with van der Waals surface area (Å²) in [5, 5.41) is 12.3. The molecule has 0 spiro atoms. The summed E-state index contributed by atoms with van der Waals surface area (Å²) < 4.78 is 6.73. The molecule has 0 unspecified atom stereocenters. The van der Waals surface area contributed by atoms with Gasteiger partial charge in [0.1, 0.15) is 5.75 Å². The van der Waals surface area contributed by atoms with Crippen LogP contribution in [0.15, 0.2) is 42.5 Å². The van der Waals surface area contributed by atoms with Gasteiger partial charge in [0, 0.05) is 21.7 Å². The van der Waals surface area contributed by atoms with E-state index in [9.17, 15) is 14.7 Å². The van der Waals surface area contributed by atoms with E-state index in [1.807, 2.05) is 0 Å². The van der Waals surface area contributed by atoms with Crippen LogP contribution in [0.5, 0.6) is 5.75 Å². The predicted molar refractivity (Wildman–Crippen MR) is 93.8 cm³/mol. The highest BCUT2D eigenvalue weighted by atomic mass is 35.5. The third-order valence-corrected chi connectivity index (χ3v) is 4.41. The number of carbonyl (C=O) groups is 2. The smallest absolute Gasteiger partial charge is 0.360 e. The van der Waals surface area contributed by atoms with Gasteiger partial charge in [0.05, 0.1) is 19.0 Å². The number of ether oxygens (including phenoxy) is 1. The molecule has 1 heterocycles. The largest absolute Gasteiger partial charge is 0.497 e. The quantitative estimate of drug-likeness (QED) is 0.714. The van der Waals surface area contributed by atoms with E-state index in [1.54, 1.807) is 49.4 Å². The molecule has 127 valence electrons. The topological polar surface area (TPSA) is 68.2 Å². The molecule has 0 atom stereocenters. The SMILES string of the molecule is COc1ccc2c(c1)c(CC([O])=O)c(C)n2C(=O)c1ccc(Cl)cc1. The van der Waals surface area contributed by atoms with Crippen LogP contribution >= 0.6 is 11.6 Å². The van der Waals surface area contributed by atoms with Crippen LogP contribution in [0.3, 0.4) is 0 Å². The first-order valence-corrected chi connectivity index (χ1v) is 7.98. The van der Waals surface area contributed by atoms with Crippen LogP contribution in [0.2, 0.25) is 5.02 Å². The van der Waals surface area contributed by atoms with Crippen molar-refractivity contribution in [3.63, 3.8) is 0 Å². The molecule has 0 fully saturated rings. The normalized spacial score (nSPS) is 10.8. The summed E-state index contributed by atoms with van der Waals surface area (Å²) in [6.45, 7) is 1.72. The highest BCUT2D eigenvalue weighted by molar-refractivity contribution is 6.30. The monoisotopic (exact) mass is 356 g/mol. The molecule has 0 aliphatic carbocycles. The van der Waals surface area contributed by atoms with Gasteiger partial charge in [-0.15, -0.1) is 0 Å². The maximum atomic E-state index is 13.0. The van der Waals surface area contributed by atoms with Crippen LogP contribution < -0.4 is 4.74 Å². The number of halogens is 1.